The monoisotopic (exact) mass is 224 g/mol. The topological polar surface area (TPSA) is 66.6 Å². The fourth-order valence-corrected chi connectivity index (χ4v) is 2.05. The van der Waals surface area contributed by atoms with Crippen molar-refractivity contribution >= 4 is 6.09 Å². The van der Waals surface area contributed by atoms with Crippen LogP contribution in [0.2, 0.25) is 0 Å². The van der Waals surface area contributed by atoms with E-state index in [4.69, 9.17) is 10.8 Å². The second-order valence-electron chi connectivity index (χ2n) is 4.01. The van der Waals surface area contributed by atoms with Crippen LogP contribution in [-0.2, 0) is 0 Å². The van der Waals surface area contributed by atoms with Gasteiger partial charge in [-0.05, 0) is 17.7 Å². The summed E-state index contributed by atoms with van der Waals surface area (Å²) in [6.45, 7) is 0.708. The van der Waals surface area contributed by atoms with Gasteiger partial charge in [0.15, 0.2) is 0 Å². The third-order valence-electron chi connectivity index (χ3n) is 2.93. The van der Waals surface area contributed by atoms with E-state index in [1.54, 1.807) is 12.1 Å². The Labute approximate surface area is 92.5 Å². The van der Waals surface area contributed by atoms with Gasteiger partial charge in [-0.25, -0.2) is 9.18 Å². The molecule has 0 bridgehead atoms. The van der Waals surface area contributed by atoms with Gasteiger partial charge in [-0.2, -0.15) is 0 Å². The number of hydrogen-bond donors (Lipinski definition) is 2. The zero-order valence-electron chi connectivity index (χ0n) is 8.64. The second-order valence-corrected chi connectivity index (χ2v) is 4.01. The van der Waals surface area contributed by atoms with Crippen molar-refractivity contribution in [2.45, 2.75) is 12.0 Å². The fourth-order valence-electron chi connectivity index (χ4n) is 2.05. The van der Waals surface area contributed by atoms with Gasteiger partial charge >= 0.3 is 6.09 Å². The van der Waals surface area contributed by atoms with Crippen molar-refractivity contribution in [3.05, 3.63) is 35.6 Å². The maximum absolute atomic E-state index is 12.7. The molecule has 0 saturated carbocycles. The van der Waals surface area contributed by atoms with Crippen LogP contribution in [0.15, 0.2) is 24.3 Å². The molecule has 16 heavy (non-hydrogen) atoms. The average Bonchev–Trinajstić information content (AvgIpc) is 2.62. The molecule has 0 spiro atoms. The summed E-state index contributed by atoms with van der Waals surface area (Å²) in [5.74, 6) is -0.345. The highest BCUT2D eigenvalue weighted by Gasteiger charge is 2.33. The van der Waals surface area contributed by atoms with Crippen molar-refractivity contribution < 1.29 is 14.3 Å². The minimum Gasteiger partial charge on any atom is -0.465 e. The summed E-state index contributed by atoms with van der Waals surface area (Å²) in [5, 5.41) is 8.85. The average molecular weight is 224 g/mol. The largest absolute Gasteiger partial charge is 0.465 e. The lowest BCUT2D eigenvalue weighted by atomic mass is 9.95. The zero-order chi connectivity index (χ0) is 11.7. The zero-order valence-corrected chi connectivity index (χ0v) is 8.64. The molecule has 5 heteroatoms. The first-order valence-electron chi connectivity index (χ1n) is 5.07. The Hall–Kier alpha value is -1.62. The molecule has 0 aliphatic carbocycles. The molecule has 4 nitrogen and oxygen atoms in total. The van der Waals surface area contributed by atoms with Crippen LogP contribution < -0.4 is 5.73 Å². The van der Waals surface area contributed by atoms with E-state index in [9.17, 15) is 9.18 Å². The summed E-state index contributed by atoms with van der Waals surface area (Å²) >= 11 is 0. The molecule has 0 unspecified atom stereocenters. The number of halogens is 1. The van der Waals surface area contributed by atoms with Crippen LogP contribution in [0.3, 0.4) is 0 Å². The molecular weight excluding hydrogens is 211 g/mol. The second kappa shape index (κ2) is 4.09. The summed E-state index contributed by atoms with van der Waals surface area (Å²) in [5.41, 5.74) is 6.77. The van der Waals surface area contributed by atoms with E-state index in [-0.39, 0.29) is 17.8 Å². The Morgan fingerprint density at radius 3 is 2.50 bits per heavy atom. The molecule has 1 aromatic carbocycles. The van der Waals surface area contributed by atoms with Crippen LogP contribution in [-0.4, -0.2) is 35.2 Å². The lowest BCUT2D eigenvalue weighted by Gasteiger charge is -2.14. The van der Waals surface area contributed by atoms with Crippen LogP contribution in [0.4, 0.5) is 9.18 Å². The summed E-state index contributed by atoms with van der Waals surface area (Å²) in [6.07, 6.45) is -0.958. The molecule has 2 rings (SSSR count). The fraction of sp³-hybridized carbons (Fsp3) is 0.364. The molecule has 1 aliphatic rings. The summed E-state index contributed by atoms with van der Waals surface area (Å²) in [4.78, 5) is 12.1. The number of carboxylic acid groups (broad SMARTS) is 1. The van der Waals surface area contributed by atoms with Crippen LogP contribution in [0, 0.1) is 5.82 Å². The van der Waals surface area contributed by atoms with Gasteiger partial charge < -0.3 is 15.7 Å². The maximum atomic E-state index is 12.7. The SMILES string of the molecule is N[C@H]1CN(C(=O)O)C[C@H]1c1ccc(F)cc1. The van der Waals surface area contributed by atoms with Gasteiger partial charge in [0.1, 0.15) is 5.82 Å². The standard InChI is InChI=1S/C11H13FN2O2/c12-8-3-1-7(2-4-8)9-5-14(11(15)16)6-10(9)13/h1-4,9-10H,5-6,13H2,(H,15,16)/t9-,10-/m0/s1. The smallest absolute Gasteiger partial charge is 0.407 e. The van der Waals surface area contributed by atoms with Crippen molar-refractivity contribution in [3.8, 4) is 0 Å². The molecule has 86 valence electrons. The minimum absolute atomic E-state index is 0.0447. The Morgan fingerprint density at radius 1 is 1.38 bits per heavy atom. The van der Waals surface area contributed by atoms with Gasteiger partial charge in [-0.15, -0.1) is 0 Å². The number of rotatable bonds is 1. The molecule has 1 aliphatic heterocycles. The summed E-state index contributed by atoms with van der Waals surface area (Å²) in [7, 11) is 0. The van der Waals surface area contributed by atoms with Crippen LogP contribution >= 0.6 is 0 Å². The molecule has 1 saturated heterocycles. The normalized spacial score (nSPS) is 24.8. The molecule has 1 amide bonds. The Balaban J connectivity index is 2.16. The van der Waals surface area contributed by atoms with Gasteiger partial charge in [-0.3, -0.25) is 0 Å². The van der Waals surface area contributed by atoms with Crippen molar-refractivity contribution in [2.24, 2.45) is 5.73 Å². The molecular formula is C11H13FN2O2. The molecule has 1 heterocycles. The molecule has 1 fully saturated rings. The van der Waals surface area contributed by atoms with E-state index in [1.165, 1.54) is 17.0 Å². The van der Waals surface area contributed by atoms with Crippen LogP contribution in [0.1, 0.15) is 11.5 Å². The highest BCUT2D eigenvalue weighted by molar-refractivity contribution is 5.65. The van der Waals surface area contributed by atoms with Crippen LogP contribution in [0.5, 0.6) is 0 Å². The molecule has 0 radical (unpaired) electrons. The Bertz CT molecular complexity index is 393. The molecule has 1 aromatic rings. The number of carbonyl (C=O) groups is 1. The first kappa shape index (κ1) is 10.9. The molecule has 0 aromatic heterocycles. The van der Waals surface area contributed by atoms with E-state index < -0.39 is 6.09 Å². The van der Waals surface area contributed by atoms with Gasteiger partial charge in [0.25, 0.3) is 0 Å². The molecule has 2 atom stereocenters. The van der Waals surface area contributed by atoms with Gasteiger partial charge in [-0.1, -0.05) is 12.1 Å². The van der Waals surface area contributed by atoms with E-state index in [0.717, 1.165) is 5.56 Å². The Kier molecular flexibility index (Phi) is 2.78. The lowest BCUT2D eigenvalue weighted by molar-refractivity contribution is 0.154. The van der Waals surface area contributed by atoms with Crippen molar-refractivity contribution in [3.63, 3.8) is 0 Å². The Morgan fingerprint density at radius 2 is 2.00 bits per heavy atom. The molecule has 3 N–H and O–H groups in total. The number of nitrogens with zero attached hydrogens (tertiary/aromatic N) is 1. The highest BCUT2D eigenvalue weighted by Crippen LogP contribution is 2.26. The van der Waals surface area contributed by atoms with Gasteiger partial charge in [0.2, 0.25) is 0 Å². The maximum Gasteiger partial charge on any atom is 0.407 e. The number of amides is 1. The van der Waals surface area contributed by atoms with Crippen molar-refractivity contribution in [2.75, 3.05) is 13.1 Å². The first-order valence-corrected chi connectivity index (χ1v) is 5.07. The van der Waals surface area contributed by atoms with Gasteiger partial charge in [0.05, 0.1) is 0 Å². The number of hydrogen-bond acceptors (Lipinski definition) is 2. The van der Waals surface area contributed by atoms with E-state index in [1.807, 2.05) is 0 Å². The minimum atomic E-state index is -0.958. The highest BCUT2D eigenvalue weighted by atomic mass is 19.1. The summed E-state index contributed by atoms with van der Waals surface area (Å²) in [6, 6.07) is 5.83. The number of benzene rings is 1. The van der Waals surface area contributed by atoms with E-state index in [0.29, 0.717) is 13.1 Å². The van der Waals surface area contributed by atoms with Crippen molar-refractivity contribution in [1.29, 1.82) is 0 Å². The quantitative estimate of drug-likeness (QED) is 0.754. The predicted molar refractivity (Wildman–Crippen MR) is 56.7 cm³/mol. The van der Waals surface area contributed by atoms with Crippen molar-refractivity contribution in [1.82, 2.24) is 4.90 Å². The van der Waals surface area contributed by atoms with Gasteiger partial charge in [0, 0.05) is 25.0 Å². The lowest BCUT2D eigenvalue weighted by Crippen LogP contribution is -2.31. The predicted octanol–water partition coefficient (Wildman–Crippen LogP) is 1.23. The number of likely N-dealkylation sites (tertiary alicyclic amines) is 1. The van der Waals surface area contributed by atoms with Crippen LogP contribution in [0.25, 0.3) is 0 Å². The third-order valence-corrected chi connectivity index (χ3v) is 2.93. The van der Waals surface area contributed by atoms with E-state index in [2.05, 4.69) is 0 Å². The number of nitrogens with two attached hydrogens (primary N) is 1. The third kappa shape index (κ3) is 1.99. The van der Waals surface area contributed by atoms with E-state index >= 15 is 0 Å². The summed E-state index contributed by atoms with van der Waals surface area (Å²) < 4.78 is 12.7. The first-order chi connectivity index (χ1) is 7.58.